The molecule has 4 nitrogen and oxygen atoms in total. The number of fused-ring (bicyclic) bond motifs is 1. The number of nitrogens with zero attached hydrogens (tertiary/aromatic N) is 2. The van der Waals surface area contributed by atoms with Gasteiger partial charge in [0.25, 0.3) is 5.91 Å². The SMILES string of the molecule is CCC1c2cc(Cl)ccc2C(=O)N1c1cncc(OC(F)F)c1. The quantitative estimate of drug-likeness (QED) is 0.827. The van der Waals surface area contributed by atoms with Crippen molar-refractivity contribution in [3.05, 3.63) is 52.8 Å². The van der Waals surface area contributed by atoms with Crippen LogP contribution in [0.1, 0.15) is 35.3 Å². The molecule has 23 heavy (non-hydrogen) atoms. The standard InChI is InChI=1S/C16H13ClF2N2O2/c1-2-14-13-5-9(17)3-4-12(13)15(22)21(14)10-6-11(8-20-7-10)23-16(18)19/h3-8,14,16H,2H2,1H3. The van der Waals surface area contributed by atoms with Crippen molar-refractivity contribution in [1.29, 1.82) is 0 Å². The highest BCUT2D eigenvalue weighted by Crippen LogP contribution is 2.40. The summed E-state index contributed by atoms with van der Waals surface area (Å²) in [7, 11) is 0. The molecule has 7 heteroatoms. The summed E-state index contributed by atoms with van der Waals surface area (Å²) in [6.07, 6.45) is 3.28. The minimum Gasteiger partial charge on any atom is -0.433 e. The molecule has 0 fully saturated rings. The second-order valence-electron chi connectivity index (χ2n) is 5.09. The molecule has 1 aliphatic rings. The van der Waals surface area contributed by atoms with Crippen molar-refractivity contribution in [2.75, 3.05) is 4.90 Å². The summed E-state index contributed by atoms with van der Waals surface area (Å²) in [5, 5.41) is 0.546. The fourth-order valence-corrected chi connectivity index (χ4v) is 3.00. The van der Waals surface area contributed by atoms with Gasteiger partial charge in [0.05, 0.1) is 24.1 Å². The van der Waals surface area contributed by atoms with Crippen LogP contribution in [0.25, 0.3) is 0 Å². The lowest BCUT2D eigenvalue weighted by atomic mass is 10.0. The lowest BCUT2D eigenvalue weighted by Gasteiger charge is -2.24. The molecule has 1 unspecified atom stereocenters. The van der Waals surface area contributed by atoms with E-state index in [0.717, 1.165) is 5.56 Å². The van der Waals surface area contributed by atoms with Crippen molar-refractivity contribution in [2.24, 2.45) is 0 Å². The van der Waals surface area contributed by atoms with Crippen LogP contribution < -0.4 is 9.64 Å². The molecule has 2 aromatic rings. The minimum atomic E-state index is -2.95. The number of hydrogen-bond donors (Lipinski definition) is 0. The van der Waals surface area contributed by atoms with E-state index < -0.39 is 6.61 Å². The molecule has 0 aliphatic carbocycles. The van der Waals surface area contributed by atoms with Crippen molar-refractivity contribution < 1.29 is 18.3 Å². The maximum absolute atomic E-state index is 12.7. The number of anilines is 1. The molecule has 1 amide bonds. The topological polar surface area (TPSA) is 42.4 Å². The number of alkyl halides is 2. The van der Waals surface area contributed by atoms with E-state index >= 15 is 0 Å². The summed E-state index contributed by atoms with van der Waals surface area (Å²) in [6.45, 7) is -1.01. The number of aromatic nitrogens is 1. The molecule has 0 saturated heterocycles. The van der Waals surface area contributed by atoms with Gasteiger partial charge in [0, 0.05) is 16.7 Å². The number of ether oxygens (including phenoxy) is 1. The van der Waals surface area contributed by atoms with Crippen LogP contribution in [0.15, 0.2) is 36.7 Å². The fraction of sp³-hybridized carbons (Fsp3) is 0.250. The second-order valence-corrected chi connectivity index (χ2v) is 5.52. The van der Waals surface area contributed by atoms with Gasteiger partial charge in [-0.25, -0.2) is 0 Å². The van der Waals surface area contributed by atoms with Gasteiger partial charge in [0.1, 0.15) is 5.75 Å². The number of rotatable bonds is 4. The summed E-state index contributed by atoms with van der Waals surface area (Å²) < 4.78 is 29.1. The van der Waals surface area contributed by atoms with Gasteiger partial charge < -0.3 is 4.74 Å². The van der Waals surface area contributed by atoms with Gasteiger partial charge >= 0.3 is 6.61 Å². The van der Waals surface area contributed by atoms with Gasteiger partial charge in [-0.2, -0.15) is 8.78 Å². The molecule has 0 N–H and O–H groups in total. The molecule has 0 saturated carbocycles. The van der Waals surface area contributed by atoms with Crippen molar-refractivity contribution in [2.45, 2.75) is 26.0 Å². The van der Waals surface area contributed by atoms with Crippen LogP contribution in [-0.4, -0.2) is 17.5 Å². The van der Waals surface area contributed by atoms with E-state index in [4.69, 9.17) is 11.6 Å². The van der Waals surface area contributed by atoms with Gasteiger partial charge in [-0.1, -0.05) is 18.5 Å². The Balaban J connectivity index is 2.02. The molecular weight excluding hydrogens is 326 g/mol. The summed E-state index contributed by atoms with van der Waals surface area (Å²) in [5.74, 6) is -0.298. The molecule has 0 radical (unpaired) electrons. The molecule has 3 rings (SSSR count). The molecule has 0 spiro atoms. The van der Waals surface area contributed by atoms with Gasteiger partial charge in [0.2, 0.25) is 0 Å². The Bertz CT molecular complexity index is 755. The van der Waals surface area contributed by atoms with E-state index in [2.05, 4.69) is 9.72 Å². The molecule has 1 aliphatic heterocycles. The number of carbonyl (C=O) groups excluding carboxylic acids is 1. The van der Waals surface area contributed by atoms with Gasteiger partial charge in [-0.15, -0.1) is 0 Å². The van der Waals surface area contributed by atoms with Crippen LogP contribution >= 0.6 is 11.6 Å². The van der Waals surface area contributed by atoms with Gasteiger partial charge in [-0.3, -0.25) is 14.7 Å². The van der Waals surface area contributed by atoms with E-state index in [9.17, 15) is 13.6 Å². The van der Waals surface area contributed by atoms with Crippen LogP contribution in [0, 0.1) is 0 Å². The van der Waals surface area contributed by atoms with Crippen molar-refractivity contribution in [3.8, 4) is 5.75 Å². The molecule has 2 heterocycles. The molecule has 1 atom stereocenters. The maximum atomic E-state index is 12.7. The number of pyridine rings is 1. The molecule has 0 bridgehead atoms. The van der Waals surface area contributed by atoms with Crippen LogP contribution in [0.4, 0.5) is 14.5 Å². The number of carbonyl (C=O) groups is 1. The Morgan fingerprint density at radius 1 is 1.35 bits per heavy atom. The smallest absolute Gasteiger partial charge is 0.387 e. The fourth-order valence-electron chi connectivity index (χ4n) is 2.82. The van der Waals surface area contributed by atoms with E-state index in [1.165, 1.54) is 23.4 Å². The predicted molar refractivity (Wildman–Crippen MR) is 82.2 cm³/mol. The van der Waals surface area contributed by atoms with Crippen molar-refractivity contribution in [3.63, 3.8) is 0 Å². The highest BCUT2D eigenvalue weighted by Gasteiger charge is 2.37. The van der Waals surface area contributed by atoms with Crippen LogP contribution in [-0.2, 0) is 0 Å². The second kappa shape index (κ2) is 6.12. The predicted octanol–water partition coefficient (Wildman–Crippen LogP) is 4.45. The van der Waals surface area contributed by atoms with Crippen LogP contribution in [0.2, 0.25) is 5.02 Å². The lowest BCUT2D eigenvalue weighted by Crippen LogP contribution is -2.27. The first-order valence-corrected chi connectivity index (χ1v) is 7.42. The lowest BCUT2D eigenvalue weighted by molar-refractivity contribution is -0.0500. The van der Waals surface area contributed by atoms with Crippen molar-refractivity contribution >= 4 is 23.2 Å². The third-order valence-corrected chi connectivity index (χ3v) is 3.96. The Kier molecular flexibility index (Phi) is 4.17. The first kappa shape index (κ1) is 15.7. The molecule has 1 aromatic heterocycles. The summed E-state index contributed by atoms with van der Waals surface area (Å²) in [5.41, 5.74) is 1.79. The number of hydrogen-bond acceptors (Lipinski definition) is 3. The van der Waals surface area contributed by atoms with Crippen molar-refractivity contribution in [1.82, 2.24) is 4.98 Å². The third-order valence-electron chi connectivity index (χ3n) is 3.72. The highest BCUT2D eigenvalue weighted by molar-refractivity contribution is 6.31. The Labute approximate surface area is 136 Å². The van der Waals surface area contributed by atoms with Crippen LogP contribution in [0.3, 0.4) is 0 Å². The zero-order valence-corrected chi connectivity index (χ0v) is 12.9. The maximum Gasteiger partial charge on any atom is 0.387 e. The number of benzene rings is 1. The molecular formula is C16H13ClF2N2O2. The monoisotopic (exact) mass is 338 g/mol. The van der Waals surface area contributed by atoms with E-state index in [-0.39, 0.29) is 17.7 Å². The Hall–Kier alpha value is -2.21. The zero-order valence-electron chi connectivity index (χ0n) is 12.2. The van der Waals surface area contributed by atoms with E-state index in [1.54, 1.807) is 18.2 Å². The Morgan fingerprint density at radius 2 is 2.13 bits per heavy atom. The molecule has 1 aromatic carbocycles. The average molecular weight is 339 g/mol. The largest absolute Gasteiger partial charge is 0.433 e. The zero-order chi connectivity index (χ0) is 16.6. The van der Waals surface area contributed by atoms with E-state index in [0.29, 0.717) is 22.7 Å². The van der Waals surface area contributed by atoms with Gasteiger partial charge in [-0.05, 0) is 30.2 Å². The summed E-state index contributed by atoms with van der Waals surface area (Å²) >= 11 is 6.02. The third kappa shape index (κ3) is 2.86. The normalized spacial score (nSPS) is 16.8. The van der Waals surface area contributed by atoms with Gasteiger partial charge in [0.15, 0.2) is 0 Å². The average Bonchev–Trinajstić information content (AvgIpc) is 2.78. The molecule has 120 valence electrons. The minimum absolute atomic E-state index is 0.0888. The first-order valence-electron chi connectivity index (χ1n) is 7.04. The summed E-state index contributed by atoms with van der Waals surface area (Å²) in [4.78, 5) is 18.1. The highest BCUT2D eigenvalue weighted by atomic mass is 35.5. The Morgan fingerprint density at radius 3 is 2.83 bits per heavy atom. The summed E-state index contributed by atoms with van der Waals surface area (Å²) in [6, 6.07) is 6.25. The van der Waals surface area contributed by atoms with Crippen LogP contribution in [0.5, 0.6) is 5.75 Å². The van der Waals surface area contributed by atoms with E-state index in [1.807, 2.05) is 6.92 Å². The number of amides is 1. The number of halogens is 3. The first-order chi connectivity index (χ1) is 11.0.